The summed E-state index contributed by atoms with van der Waals surface area (Å²) in [5.41, 5.74) is 11.0. The Labute approximate surface area is 167 Å². The third kappa shape index (κ3) is 10.00. The van der Waals surface area contributed by atoms with Crippen molar-refractivity contribution in [3.8, 4) is 12.0 Å². The van der Waals surface area contributed by atoms with Gasteiger partial charge in [-0.05, 0) is 25.1 Å². The van der Waals surface area contributed by atoms with E-state index in [0.29, 0.717) is 12.3 Å². The Hall–Kier alpha value is -4.07. The lowest BCUT2D eigenvalue weighted by atomic mass is 10.2. The minimum Gasteiger partial charge on any atom is -0.466 e. The zero-order valence-electron chi connectivity index (χ0n) is 15.8. The van der Waals surface area contributed by atoms with E-state index in [1.165, 1.54) is 12.1 Å². The molecule has 0 aliphatic carbocycles. The van der Waals surface area contributed by atoms with Crippen LogP contribution in [-0.4, -0.2) is 42.9 Å². The van der Waals surface area contributed by atoms with Crippen LogP contribution >= 0.6 is 0 Å². The number of esters is 1. The summed E-state index contributed by atoms with van der Waals surface area (Å²) in [5, 5.41) is 7.33. The van der Waals surface area contributed by atoms with Gasteiger partial charge in [0.2, 0.25) is 5.96 Å². The third-order valence-corrected chi connectivity index (χ3v) is 3.09. The van der Waals surface area contributed by atoms with Crippen LogP contribution in [0.15, 0.2) is 29.3 Å². The number of amides is 4. The Bertz CT molecular complexity index is 856. The van der Waals surface area contributed by atoms with Gasteiger partial charge in [0.1, 0.15) is 0 Å². The molecule has 0 bridgehead atoms. The van der Waals surface area contributed by atoms with Gasteiger partial charge < -0.3 is 26.8 Å². The number of urea groups is 1. The topological polar surface area (TPSA) is 178 Å². The highest BCUT2D eigenvalue weighted by atomic mass is 16.5. The van der Waals surface area contributed by atoms with Gasteiger partial charge in [0, 0.05) is 23.7 Å². The van der Waals surface area contributed by atoms with Gasteiger partial charge in [-0.3, -0.25) is 19.7 Å². The van der Waals surface area contributed by atoms with Crippen molar-refractivity contribution in [1.82, 2.24) is 10.6 Å². The van der Waals surface area contributed by atoms with Gasteiger partial charge in [-0.15, -0.1) is 0 Å². The van der Waals surface area contributed by atoms with Gasteiger partial charge in [-0.1, -0.05) is 12.0 Å². The number of benzene rings is 1. The summed E-state index contributed by atoms with van der Waals surface area (Å²) in [6.07, 6.45) is 0.375. The molecule has 0 aromatic heterocycles. The summed E-state index contributed by atoms with van der Waals surface area (Å²) in [7, 11) is 0. The first kappa shape index (κ1) is 23.0. The van der Waals surface area contributed by atoms with Gasteiger partial charge in [0.05, 0.1) is 19.6 Å². The van der Waals surface area contributed by atoms with Crippen molar-refractivity contribution >= 4 is 35.5 Å². The number of hydrogen-bond donors (Lipinski definition) is 5. The smallest absolute Gasteiger partial charge is 0.341 e. The Morgan fingerprint density at radius 2 is 1.97 bits per heavy atom. The highest BCUT2D eigenvalue weighted by Gasteiger charge is 2.08. The quantitative estimate of drug-likeness (QED) is 0.136. The van der Waals surface area contributed by atoms with Crippen molar-refractivity contribution in [3.05, 3.63) is 29.8 Å². The number of nitrogens with one attached hydrogen (secondary N) is 3. The lowest BCUT2D eigenvalue weighted by molar-refractivity contribution is -0.142. The largest absolute Gasteiger partial charge is 0.466 e. The van der Waals surface area contributed by atoms with Crippen LogP contribution in [0.25, 0.3) is 0 Å². The molecule has 0 saturated heterocycles. The average Bonchev–Trinajstić information content (AvgIpc) is 2.65. The molecule has 1 aromatic rings. The number of ether oxygens (including phenoxy) is 1. The van der Waals surface area contributed by atoms with Gasteiger partial charge in [-0.25, -0.2) is 4.79 Å². The fraction of sp³-hybridized carbons (Fsp3) is 0.278. The molecule has 0 radical (unpaired) electrons. The van der Waals surface area contributed by atoms with Crippen LogP contribution in [0.2, 0.25) is 0 Å². The van der Waals surface area contributed by atoms with E-state index in [-0.39, 0.29) is 36.9 Å². The summed E-state index contributed by atoms with van der Waals surface area (Å²) in [4.78, 5) is 48.9. The van der Waals surface area contributed by atoms with E-state index < -0.39 is 17.8 Å². The number of carbonyl (C=O) groups excluding carboxylic acids is 4. The highest BCUT2D eigenvalue weighted by Crippen LogP contribution is 2.10. The molecular formula is C18H22N6O5. The fourth-order valence-corrected chi connectivity index (χ4v) is 1.91. The molecule has 4 amide bonds. The van der Waals surface area contributed by atoms with Crippen LogP contribution in [0.5, 0.6) is 0 Å². The first-order valence-electron chi connectivity index (χ1n) is 8.53. The summed E-state index contributed by atoms with van der Waals surface area (Å²) in [5.74, 6) is 0.988. The number of hydrogen-bond acceptors (Lipinski definition) is 5. The molecule has 7 N–H and O–H groups in total. The summed E-state index contributed by atoms with van der Waals surface area (Å²) in [6, 6.07) is 7.59. The summed E-state index contributed by atoms with van der Waals surface area (Å²) in [6.45, 7) is 1.71. The number of primary amides is 1. The zero-order valence-corrected chi connectivity index (χ0v) is 15.8. The molecule has 0 aliphatic heterocycles. The highest BCUT2D eigenvalue weighted by molar-refractivity contribution is 6.01. The van der Waals surface area contributed by atoms with Crippen molar-refractivity contribution in [1.29, 1.82) is 0 Å². The predicted octanol–water partition coefficient (Wildman–Crippen LogP) is -0.358. The zero-order chi connectivity index (χ0) is 21.6. The molecule has 154 valence electrons. The van der Waals surface area contributed by atoms with E-state index in [0.717, 1.165) is 0 Å². The summed E-state index contributed by atoms with van der Waals surface area (Å²) < 4.78 is 4.74. The van der Waals surface area contributed by atoms with E-state index in [1.807, 2.05) is 0 Å². The van der Waals surface area contributed by atoms with Crippen molar-refractivity contribution in [3.63, 3.8) is 0 Å². The van der Waals surface area contributed by atoms with E-state index >= 15 is 0 Å². The number of rotatable bonds is 7. The lowest BCUT2D eigenvalue weighted by Crippen LogP contribution is -2.35. The first-order valence-corrected chi connectivity index (χ1v) is 8.53. The average molecular weight is 402 g/mol. The van der Waals surface area contributed by atoms with Crippen molar-refractivity contribution in [2.75, 3.05) is 18.5 Å². The molecule has 0 unspecified atom stereocenters. The number of aliphatic imine (C=N–C) groups is 1. The maximum Gasteiger partial charge on any atom is 0.341 e. The second-order valence-electron chi connectivity index (χ2n) is 5.38. The first-order chi connectivity index (χ1) is 13.8. The molecule has 0 fully saturated rings. The van der Waals surface area contributed by atoms with E-state index in [2.05, 4.69) is 32.9 Å². The number of anilines is 1. The maximum atomic E-state index is 12.1. The van der Waals surface area contributed by atoms with Gasteiger partial charge in [-0.2, -0.15) is 4.99 Å². The Morgan fingerprint density at radius 1 is 1.21 bits per heavy atom. The van der Waals surface area contributed by atoms with Crippen molar-refractivity contribution in [2.24, 2.45) is 16.5 Å². The Balaban J connectivity index is 2.46. The number of guanidine groups is 1. The SMILES string of the molecule is CCOC(=O)CCC#CNC(=O)CNC(=O)c1cccc(NC(N)=NC(N)=O)c1. The second kappa shape index (κ2) is 12.3. The predicted molar refractivity (Wildman–Crippen MR) is 105 cm³/mol. The van der Waals surface area contributed by atoms with Crippen LogP contribution in [0, 0.1) is 12.0 Å². The molecule has 1 rings (SSSR count). The molecule has 0 saturated carbocycles. The molecule has 11 heteroatoms. The van der Waals surface area contributed by atoms with Crippen molar-refractivity contribution < 1.29 is 23.9 Å². The van der Waals surface area contributed by atoms with E-state index in [1.54, 1.807) is 19.1 Å². The molecule has 0 heterocycles. The van der Waals surface area contributed by atoms with Crippen molar-refractivity contribution in [2.45, 2.75) is 19.8 Å². The molecule has 0 spiro atoms. The summed E-state index contributed by atoms with van der Waals surface area (Å²) >= 11 is 0. The number of nitrogens with two attached hydrogens (primary N) is 2. The van der Waals surface area contributed by atoms with Crippen LogP contribution in [0.1, 0.15) is 30.1 Å². The van der Waals surface area contributed by atoms with E-state index in [4.69, 9.17) is 16.2 Å². The maximum absolute atomic E-state index is 12.1. The Kier molecular flexibility index (Phi) is 9.78. The van der Waals surface area contributed by atoms with Crippen LogP contribution in [0.4, 0.5) is 10.5 Å². The normalized spacial score (nSPS) is 10.2. The lowest BCUT2D eigenvalue weighted by Gasteiger charge is -2.08. The second-order valence-corrected chi connectivity index (χ2v) is 5.38. The molecule has 0 atom stereocenters. The molecular weight excluding hydrogens is 380 g/mol. The molecule has 11 nitrogen and oxygen atoms in total. The Morgan fingerprint density at radius 3 is 2.66 bits per heavy atom. The number of nitrogens with zero attached hydrogens (tertiary/aromatic N) is 1. The van der Waals surface area contributed by atoms with Gasteiger partial charge in [0.25, 0.3) is 11.8 Å². The van der Waals surface area contributed by atoms with Crippen LogP contribution < -0.4 is 27.4 Å². The van der Waals surface area contributed by atoms with Gasteiger partial charge >= 0.3 is 12.0 Å². The number of carbonyl (C=O) groups is 4. The fourth-order valence-electron chi connectivity index (χ4n) is 1.91. The minimum atomic E-state index is -0.959. The monoisotopic (exact) mass is 402 g/mol. The molecule has 0 aliphatic rings. The van der Waals surface area contributed by atoms with Gasteiger partial charge in [0.15, 0.2) is 0 Å². The van der Waals surface area contributed by atoms with Crippen LogP contribution in [-0.2, 0) is 14.3 Å². The standard InChI is InChI=1S/C18H22N6O5/c1-2-29-15(26)8-3-4-9-21-14(25)11-22-16(27)12-6-5-7-13(10-12)23-17(19)24-18(20)28/h5-7,10H,2-3,8,11H2,1H3,(H,21,25)(H,22,27)(H5,19,20,23,24,28). The van der Waals surface area contributed by atoms with Crippen LogP contribution in [0.3, 0.4) is 0 Å². The third-order valence-electron chi connectivity index (χ3n) is 3.09. The molecule has 29 heavy (non-hydrogen) atoms. The minimum absolute atomic E-state index is 0.131. The molecule has 1 aromatic carbocycles. The van der Waals surface area contributed by atoms with E-state index in [9.17, 15) is 19.2 Å².